The molecule has 0 saturated heterocycles. The largest absolute Gasteiger partial charge is 0.339 e. The van der Waals surface area contributed by atoms with Crippen molar-refractivity contribution in [3.05, 3.63) is 40.9 Å². The van der Waals surface area contributed by atoms with Crippen LogP contribution in [0.3, 0.4) is 0 Å². The number of anilines is 3. The molecule has 0 unspecified atom stereocenters. The first kappa shape index (κ1) is 16.5. The minimum Gasteiger partial charge on any atom is -0.339 e. The summed E-state index contributed by atoms with van der Waals surface area (Å²) in [6.45, 7) is 1.92. The van der Waals surface area contributed by atoms with Gasteiger partial charge in [-0.1, -0.05) is 11.6 Å². The van der Waals surface area contributed by atoms with Crippen LogP contribution in [-0.2, 0) is 10.2 Å². The van der Waals surface area contributed by atoms with E-state index in [4.69, 9.17) is 11.6 Å². The van der Waals surface area contributed by atoms with Crippen molar-refractivity contribution in [3.8, 4) is 0 Å². The lowest BCUT2D eigenvalue weighted by molar-refractivity contribution is 0.526. The molecule has 0 fully saturated rings. The van der Waals surface area contributed by atoms with Gasteiger partial charge in [-0.25, -0.2) is 0 Å². The van der Waals surface area contributed by atoms with Gasteiger partial charge >= 0.3 is 10.2 Å². The summed E-state index contributed by atoms with van der Waals surface area (Å²) in [5, 5.41) is 11.5. The summed E-state index contributed by atoms with van der Waals surface area (Å²) >= 11 is 5.90. The molecule has 7 nitrogen and oxygen atoms in total. The molecule has 118 valence electrons. The molecule has 0 saturated carbocycles. The highest BCUT2D eigenvalue weighted by atomic mass is 35.5. The fourth-order valence-electron chi connectivity index (χ4n) is 1.58. The van der Waals surface area contributed by atoms with Crippen LogP contribution >= 0.6 is 11.6 Å². The van der Waals surface area contributed by atoms with Crippen molar-refractivity contribution in [2.24, 2.45) is 0 Å². The topological polar surface area (TPSA) is 87.2 Å². The number of nitrogens with zero attached hydrogens (tertiary/aromatic N) is 3. The van der Waals surface area contributed by atoms with Crippen LogP contribution in [0.4, 0.5) is 17.3 Å². The quantitative estimate of drug-likeness (QED) is 0.872. The summed E-state index contributed by atoms with van der Waals surface area (Å²) in [5.41, 5.74) is 1.81. The Balaban J connectivity index is 2.12. The van der Waals surface area contributed by atoms with E-state index in [1.54, 1.807) is 12.1 Å². The number of nitrogens with one attached hydrogen (secondary N) is 2. The van der Waals surface area contributed by atoms with Gasteiger partial charge in [-0.15, -0.1) is 10.2 Å². The van der Waals surface area contributed by atoms with Crippen LogP contribution in [0.5, 0.6) is 0 Å². The minimum atomic E-state index is -3.59. The second-order valence-electron chi connectivity index (χ2n) is 4.78. The van der Waals surface area contributed by atoms with Crippen LogP contribution in [0.15, 0.2) is 30.3 Å². The van der Waals surface area contributed by atoms with Gasteiger partial charge in [-0.3, -0.25) is 4.72 Å². The van der Waals surface area contributed by atoms with Gasteiger partial charge in [0.05, 0.1) is 0 Å². The predicted molar refractivity (Wildman–Crippen MR) is 87.7 cm³/mol. The molecule has 0 amide bonds. The van der Waals surface area contributed by atoms with E-state index >= 15 is 0 Å². The van der Waals surface area contributed by atoms with Gasteiger partial charge in [0.25, 0.3) is 0 Å². The van der Waals surface area contributed by atoms with Crippen LogP contribution < -0.4 is 10.0 Å². The second-order valence-corrected chi connectivity index (χ2v) is 7.10. The molecular formula is C13H16ClN5O2S. The third-order valence-corrected chi connectivity index (χ3v) is 4.49. The number of aromatic nitrogens is 2. The standard InChI is InChI=1S/C13H16ClN5O2S/c1-9-8-10(14)4-5-11(9)15-12-6-7-13(17-16-12)18-22(20,21)19(2)3/h4-8H,1-3H3,(H,15,16)(H,17,18). The van der Waals surface area contributed by atoms with E-state index in [-0.39, 0.29) is 5.82 Å². The highest BCUT2D eigenvalue weighted by Gasteiger charge is 2.13. The molecule has 0 bridgehead atoms. The Morgan fingerprint density at radius 3 is 2.27 bits per heavy atom. The molecule has 1 aromatic heterocycles. The Hall–Kier alpha value is -1.90. The maximum absolute atomic E-state index is 11.7. The molecule has 0 spiro atoms. The fraction of sp³-hybridized carbons (Fsp3) is 0.231. The molecule has 2 aromatic rings. The van der Waals surface area contributed by atoms with E-state index in [1.165, 1.54) is 20.2 Å². The zero-order valence-corrected chi connectivity index (χ0v) is 13.9. The van der Waals surface area contributed by atoms with Gasteiger partial charge in [0.2, 0.25) is 0 Å². The van der Waals surface area contributed by atoms with Crippen molar-refractivity contribution in [2.45, 2.75) is 6.92 Å². The number of benzene rings is 1. The fourth-order valence-corrected chi connectivity index (χ4v) is 2.36. The SMILES string of the molecule is Cc1cc(Cl)ccc1Nc1ccc(NS(=O)(=O)N(C)C)nn1. The van der Waals surface area contributed by atoms with Crippen LogP contribution in [0.25, 0.3) is 0 Å². The molecule has 9 heteroatoms. The van der Waals surface area contributed by atoms with Crippen molar-refractivity contribution >= 4 is 39.1 Å². The number of hydrogen-bond donors (Lipinski definition) is 2. The molecule has 0 aliphatic carbocycles. The van der Waals surface area contributed by atoms with Gasteiger partial charge in [0, 0.05) is 24.8 Å². The molecule has 2 rings (SSSR count). The molecule has 0 aliphatic rings. The number of aryl methyl sites for hydroxylation is 1. The summed E-state index contributed by atoms with van der Waals surface area (Å²) in [5.74, 6) is 0.644. The normalized spacial score (nSPS) is 11.5. The smallest absolute Gasteiger partial charge is 0.302 e. The Morgan fingerprint density at radius 1 is 1.09 bits per heavy atom. The number of hydrogen-bond acceptors (Lipinski definition) is 5. The molecule has 0 atom stereocenters. The minimum absolute atomic E-state index is 0.145. The zero-order valence-electron chi connectivity index (χ0n) is 12.3. The van der Waals surface area contributed by atoms with E-state index in [9.17, 15) is 8.42 Å². The summed E-state index contributed by atoms with van der Waals surface area (Å²) in [6, 6.07) is 8.60. The number of halogens is 1. The average Bonchev–Trinajstić information content (AvgIpc) is 2.43. The van der Waals surface area contributed by atoms with E-state index < -0.39 is 10.2 Å². The van der Waals surface area contributed by atoms with Gasteiger partial charge < -0.3 is 5.32 Å². The van der Waals surface area contributed by atoms with Crippen molar-refractivity contribution < 1.29 is 8.42 Å². The van der Waals surface area contributed by atoms with E-state index in [1.807, 2.05) is 19.1 Å². The van der Waals surface area contributed by atoms with E-state index in [0.29, 0.717) is 10.8 Å². The van der Waals surface area contributed by atoms with Crippen molar-refractivity contribution in [1.82, 2.24) is 14.5 Å². The molecule has 1 heterocycles. The lowest BCUT2D eigenvalue weighted by Crippen LogP contribution is -2.29. The number of rotatable bonds is 5. The molecule has 22 heavy (non-hydrogen) atoms. The third kappa shape index (κ3) is 4.06. The summed E-state index contributed by atoms with van der Waals surface area (Å²) in [6.07, 6.45) is 0. The first-order chi connectivity index (χ1) is 10.3. The Morgan fingerprint density at radius 2 is 1.73 bits per heavy atom. The van der Waals surface area contributed by atoms with Crippen LogP contribution in [0, 0.1) is 6.92 Å². The molecule has 2 N–H and O–H groups in total. The second kappa shape index (κ2) is 6.47. The average molecular weight is 342 g/mol. The summed E-state index contributed by atoms with van der Waals surface area (Å²) in [7, 11) is -0.738. The van der Waals surface area contributed by atoms with Crippen molar-refractivity contribution in [3.63, 3.8) is 0 Å². The van der Waals surface area contributed by atoms with Crippen LogP contribution in [0.1, 0.15) is 5.56 Å². The lowest BCUT2D eigenvalue weighted by Gasteiger charge is -2.13. The lowest BCUT2D eigenvalue weighted by atomic mass is 10.2. The maximum atomic E-state index is 11.7. The Labute approximate surface area is 134 Å². The summed E-state index contributed by atoms with van der Waals surface area (Å²) < 4.78 is 26.7. The molecular weight excluding hydrogens is 326 g/mol. The van der Waals surface area contributed by atoms with Crippen LogP contribution in [-0.4, -0.2) is 37.0 Å². The Kier molecular flexibility index (Phi) is 4.84. The van der Waals surface area contributed by atoms with E-state index in [2.05, 4.69) is 20.2 Å². The molecule has 0 aliphatic heterocycles. The first-order valence-electron chi connectivity index (χ1n) is 6.35. The van der Waals surface area contributed by atoms with Crippen molar-refractivity contribution in [1.29, 1.82) is 0 Å². The van der Waals surface area contributed by atoms with E-state index in [0.717, 1.165) is 15.6 Å². The van der Waals surface area contributed by atoms with Gasteiger partial charge in [0.1, 0.15) is 0 Å². The predicted octanol–water partition coefficient (Wildman–Crippen LogP) is 2.40. The molecule has 0 radical (unpaired) electrons. The zero-order chi connectivity index (χ0) is 16.3. The van der Waals surface area contributed by atoms with Gasteiger partial charge in [0.15, 0.2) is 11.6 Å². The van der Waals surface area contributed by atoms with Gasteiger partial charge in [-0.2, -0.15) is 12.7 Å². The third-order valence-electron chi connectivity index (χ3n) is 2.83. The first-order valence-corrected chi connectivity index (χ1v) is 8.17. The van der Waals surface area contributed by atoms with Crippen molar-refractivity contribution in [2.75, 3.05) is 24.1 Å². The highest BCUT2D eigenvalue weighted by molar-refractivity contribution is 7.90. The Bertz CT molecular complexity index is 762. The van der Waals surface area contributed by atoms with Gasteiger partial charge in [-0.05, 0) is 42.8 Å². The van der Waals surface area contributed by atoms with Crippen LogP contribution in [0.2, 0.25) is 5.02 Å². The monoisotopic (exact) mass is 341 g/mol. The maximum Gasteiger partial charge on any atom is 0.302 e. The highest BCUT2D eigenvalue weighted by Crippen LogP contribution is 2.22. The summed E-state index contributed by atoms with van der Waals surface area (Å²) in [4.78, 5) is 0. The molecule has 1 aromatic carbocycles.